The van der Waals surface area contributed by atoms with Crippen molar-refractivity contribution in [3.05, 3.63) is 47.5 Å². The Balaban J connectivity index is 0.00000578. The zero-order chi connectivity index (χ0) is 24.4. The van der Waals surface area contributed by atoms with Crippen LogP contribution in [-0.2, 0) is 11.8 Å². The average Bonchev–Trinajstić information content (AvgIpc) is 2.84. The smallest absolute Gasteiger partial charge is 0.161 e. The standard InChI is InChI=1S/C27H38N2O4.H2O/c1-20(2)27(19-28,22-10-12-24(31-5)26(18-22)33-7)14-8-15-29(3)16-13-21-9-11-23(30-4)25(17-21)32-6;/h9-12,17-18,20H,8,13-16H2,1-7H3;1H2. The van der Waals surface area contributed by atoms with Crippen molar-refractivity contribution in [3.8, 4) is 29.1 Å². The molecule has 0 heterocycles. The Bertz CT molecular complexity index is 941. The first-order valence-electron chi connectivity index (χ1n) is 11.4. The summed E-state index contributed by atoms with van der Waals surface area (Å²) in [4.78, 5) is 2.31. The lowest BCUT2D eigenvalue weighted by molar-refractivity contribution is 0.292. The molecule has 0 amide bonds. The van der Waals surface area contributed by atoms with E-state index in [1.54, 1.807) is 28.4 Å². The van der Waals surface area contributed by atoms with Crippen molar-refractivity contribution in [2.75, 3.05) is 48.6 Å². The topological polar surface area (TPSA) is 95.5 Å². The van der Waals surface area contributed by atoms with Crippen LogP contribution in [0.15, 0.2) is 36.4 Å². The third-order valence-electron chi connectivity index (χ3n) is 6.42. The minimum absolute atomic E-state index is 0. The first-order chi connectivity index (χ1) is 15.8. The van der Waals surface area contributed by atoms with Crippen LogP contribution in [0.1, 0.15) is 37.8 Å². The summed E-state index contributed by atoms with van der Waals surface area (Å²) in [6.07, 6.45) is 2.61. The number of ether oxygens (including phenoxy) is 4. The normalized spacial score (nSPS) is 12.5. The summed E-state index contributed by atoms with van der Waals surface area (Å²) in [7, 11) is 8.67. The summed E-state index contributed by atoms with van der Waals surface area (Å²) in [5, 5.41) is 10.2. The number of hydrogen-bond donors (Lipinski definition) is 0. The summed E-state index contributed by atoms with van der Waals surface area (Å²) in [5.41, 5.74) is 1.60. The van der Waals surface area contributed by atoms with E-state index < -0.39 is 5.41 Å². The third kappa shape index (κ3) is 6.78. The Morgan fingerprint density at radius 1 is 0.853 bits per heavy atom. The van der Waals surface area contributed by atoms with Gasteiger partial charge in [-0.2, -0.15) is 5.26 Å². The van der Waals surface area contributed by atoms with Crippen LogP contribution in [-0.4, -0.2) is 59.0 Å². The minimum atomic E-state index is -0.580. The van der Waals surface area contributed by atoms with Crippen molar-refractivity contribution >= 4 is 0 Å². The van der Waals surface area contributed by atoms with Crippen LogP contribution in [0.25, 0.3) is 0 Å². The first kappa shape index (κ1) is 29.1. The van der Waals surface area contributed by atoms with Crippen LogP contribution in [0.2, 0.25) is 0 Å². The number of hydrogen-bond acceptors (Lipinski definition) is 6. The van der Waals surface area contributed by atoms with E-state index in [1.807, 2.05) is 30.3 Å². The molecular weight excluding hydrogens is 432 g/mol. The highest BCUT2D eigenvalue weighted by atomic mass is 16.5. The zero-order valence-electron chi connectivity index (χ0n) is 21.6. The lowest BCUT2D eigenvalue weighted by atomic mass is 9.69. The van der Waals surface area contributed by atoms with Crippen molar-refractivity contribution in [2.24, 2.45) is 5.92 Å². The summed E-state index contributed by atoms with van der Waals surface area (Å²) in [5.74, 6) is 2.99. The quantitative estimate of drug-likeness (QED) is 0.432. The molecule has 1 unspecified atom stereocenters. The lowest BCUT2D eigenvalue weighted by Crippen LogP contribution is -2.32. The maximum absolute atomic E-state index is 10.2. The van der Waals surface area contributed by atoms with Gasteiger partial charge >= 0.3 is 0 Å². The highest BCUT2D eigenvalue weighted by Crippen LogP contribution is 2.40. The molecule has 0 aliphatic rings. The van der Waals surface area contributed by atoms with Crippen LogP contribution in [0, 0.1) is 17.2 Å². The molecule has 0 aliphatic carbocycles. The maximum Gasteiger partial charge on any atom is 0.161 e. The highest BCUT2D eigenvalue weighted by Gasteiger charge is 2.36. The average molecular weight is 473 g/mol. The second kappa shape index (κ2) is 13.7. The number of likely N-dealkylation sites (N-methyl/N-ethyl adjacent to an activating group) is 1. The van der Waals surface area contributed by atoms with E-state index in [1.165, 1.54) is 5.56 Å². The molecule has 2 rings (SSSR count). The van der Waals surface area contributed by atoms with E-state index in [-0.39, 0.29) is 11.4 Å². The summed E-state index contributed by atoms with van der Waals surface area (Å²) in [6, 6.07) is 14.5. The van der Waals surface area contributed by atoms with Crippen molar-refractivity contribution < 1.29 is 24.4 Å². The largest absolute Gasteiger partial charge is 0.493 e. The second-order valence-corrected chi connectivity index (χ2v) is 8.65. The number of nitriles is 1. The highest BCUT2D eigenvalue weighted by molar-refractivity contribution is 5.47. The van der Waals surface area contributed by atoms with E-state index in [9.17, 15) is 5.26 Å². The van der Waals surface area contributed by atoms with Gasteiger partial charge in [0.15, 0.2) is 23.0 Å². The Kier molecular flexibility index (Phi) is 11.7. The Labute approximate surface area is 204 Å². The van der Waals surface area contributed by atoms with E-state index >= 15 is 0 Å². The monoisotopic (exact) mass is 472 g/mol. The molecule has 1 atom stereocenters. The molecule has 2 N–H and O–H groups in total. The molecule has 0 aromatic heterocycles. The fourth-order valence-corrected chi connectivity index (χ4v) is 4.23. The molecule has 2 aromatic rings. The van der Waals surface area contributed by atoms with Crippen LogP contribution in [0.3, 0.4) is 0 Å². The van der Waals surface area contributed by atoms with Gasteiger partial charge in [0.25, 0.3) is 0 Å². The van der Waals surface area contributed by atoms with E-state index in [4.69, 9.17) is 18.9 Å². The van der Waals surface area contributed by atoms with E-state index in [0.29, 0.717) is 11.5 Å². The molecule has 0 bridgehead atoms. The first-order valence-corrected chi connectivity index (χ1v) is 11.4. The van der Waals surface area contributed by atoms with Gasteiger partial charge < -0.3 is 29.3 Å². The summed E-state index contributed by atoms with van der Waals surface area (Å²) >= 11 is 0. The van der Waals surface area contributed by atoms with E-state index in [0.717, 1.165) is 49.4 Å². The van der Waals surface area contributed by atoms with Crippen molar-refractivity contribution in [2.45, 2.75) is 38.5 Å². The van der Waals surface area contributed by atoms with Gasteiger partial charge in [-0.15, -0.1) is 0 Å². The van der Waals surface area contributed by atoms with Gasteiger partial charge in [-0.1, -0.05) is 26.0 Å². The molecule has 0 spiro atoms. The van der Waals surface area contributed by atoms with Crippen molar-refractivity contribution in [3.63, 3.8) is 0 Å². The fraction of sp³-hybridized carbons (Fsp3) is 0.519. The molecule has 0 aliphatic heterocycles. The molecule has 0 radical (unpaired) electrons. The van der Waals surface area contributed by atoms with Crippen LogP contribution >= 0.6 is 0 Å². The Morgan fingerprint density at radius 3 is 1.94 bits per heavy atom. The van der Waals surface area contributed by atoms with Gasteiger partial charge in [0.05, 0.1) is 39.9 Å². The number of methoxy groups -OCH3 is 4. The summed E-state index contributed by atoms with van der Waals surface area (Å²) < 4.78 is 21.6. The van der Waals surface area contributed by atoms with Gasteiger partial charge in [0.2, 0.25) is 0 Å². The van der Waals surface area contributed by atoms with Gasteiger partial charge in [0, 0.05) is 6.54 Å². The van der Waals surface area contributed by atoms with Gasteiger partial charge in [-0.05, 0) is 74.2 Å². The van der Waals surface area contributed by atoms with Crippen molar-refractivity contribution in [1.29, 1.82) is 5.26 Å². The molecule has 7 heteroatoms. The van der Waals surface area contributed by atoms with Gasteiger partial charge in [-0.25, -0.2) is 0 Å². The van der Waals surface area contributed by atoms with Crippen LogP contribution in [0.5, 0.6) is 23.0 Å². The summed E-state index contributed by atoms with van der Waals surface area (Å²) in [6.45, 7) is 6.06. The minimum Gasteiger partial charge on any atom is -0.493 e. The predicted molar refractivity (Wildman–Crippen MR) is 135 cm³/mol. The Hall–Kier alpha value is -2.95. The SMILES string of the molecule is COc1ccc(CCN(C)CCCC(C#N)(c2ccc(OC)c(OC)c2)C(C)C)cc1OC.O. The predicted octanol–water partition coefficient (Wildman–Crippen LogP) is 4.27. The molecule has 0 saturated heterocycles. The van der Waals surface area contributed by atoms with Gasteiger partial charge in [-0.3, -0.25) is 0 Å². The molecule has 0 fully saturated rings. The zero-order valence-corrected chi connectivity index (χ0v) is 21.6. The van der Waals surface area contributed by atoms with Crippen LogP contribution in [0.4, 0.5) is 0 Å². The molecule has 188 valence electrons. The molecule has 0 saturated carbocycles. The number of benzene rings is 2. The lowest BCUT2D eigenvalue weighted by Gasteiger charge is -2.32. The molecular formula is C27H40N2O5. The number of nitrogens with zero attached hydrogens (tertiary/aromatic N) is 2. The van der Waals surface area contributed by atoms with Crippen molar-refractivity contribution in [1.82, 2.24) is 4.90 Å². The molecule has 34 heavy (non-hydrogen) atoms. The third-order valence-corrected chi connectivity index (χ3v) is 6.42. The maximum atomic E-state index is 10.2. The second-order valence-electron chi connectivity index (χ2n) is 8.65. The van der Waals surface area contributed by atoms with E-state index in [2.05, 4.69) is 37.9 Å². The Morgan fingerprint density at radius 2 is 1.41 bits per heavy atom. The number of rotatable bonds is 13. The fourth-order valence-electron chi connectivity index (χ4n) is 4.23. The van der Waals surface area contributed by atoms with Crippen LogP contribution < -0.4 is 18.9 Å². The van der Waals surface area contributed by atoms with Gasteiger partial charge in [0.1, 0.15) is 0 Å². The molecule has 7 nitrogen and oxygen atoms in total. The molecule has 2 aromatic carbocycles.